The lowest BCUT2D eigenvalue weighted by molar-refractivity contribution is -0.146. The zero-order valence-electron chi connectivity index (χ0n) is 26.9. The second kappa shape index (κ2) is 18.1. The lowest BCUT2D eigenvalue weighted by Crippen LogP contribution is -2.52. The van der Waals surface area contributed by atoms with Crippen LogP contribution >= 0.6 is 23.1 Å². The highest BCUT2D eigenvalue weighted by atomic mass is 32.2. The van der Waals surface area contributed by atoms with Gasteiger partial charge in [-0.15, -0.1) is 11.3 Å². The average Bonchev–Trinajstić information content (AvgIpc) is 3.65. The molecule has 1 heterocycles. The van der Waals surface area contributed by atoms with Crippen LogP contribution in [0.5, 0.6) is 0 Å². The maximum absolute atomic E-state index is 13.6. The Bertz CT molecular complexity index is 1160. The third kappa shape index (κ3) is 14.7. The quantitative estimate of drug-likeness (QED) is 0.155. The Hall–Kier alpha value is -3.13. The van der Waals surface area contributed by atoms with Crippen molar-refractivity contribution in [2.45, 2.75) is 116 Å². The van der Waals surface area contributed by atoms with E-state index in [9.17, 15) is 33.9 Å². The molecule has 1 aromatic heterocycles. The number of carbonyl (C=O) groups excluding carboxylic acids is 5. The van der Waals surface area contributed by atoms with E-state index in [1.54, 1.807) is 20.8 Å². The van der Waals surface area contributed by atoms with Gasteiger partial charge < -0.3 is 31.1 Å². The molecule has 2 rings (SSSR count). The van der Waals surface area contributed by atoms with Crippen LogP contribution in [-0.4, -0.2) is 75.5 Å². The molecule has 1 fully saturated rings. The minimum absolute atomic E-state index is 0.0792. The largest absolute Gasteiger partial charge is 0.480 e. The fraction of sp³-hybridized carbons (Fsp3) is 0.677. The minimum atomic E-state index is -1.44. The number of carboxylic acids is 1. The van der Waals surface area contributed by atoms with E-state index < -0.39 is 47.1 Å². The zero-order valence-corrected chi connectivity index (χ0v) is 28.5. The number of aliphatic carboxylic acids is 1. The van der Waals surface area contributed by atoms with Crippen molar-refractivity contribution < 1.29 is 38.6 Å². The van der Waals surface area contributed by atoms with E-state index in [-0.39, 0.29) is 35.5 Å². The molecule has 1 saturated carbocycles. The zero-order chi connectivity index (χ0) is 33.6. The molecule has 0 aromatic carbocycles. The number of hydrogen-bond acceptors (Lipinski definition) is 9. The molecule has 0 bridgehead atoms. The lowest BCUT2D eigenvalue weighted by Gasteiger charge is -2.24. The highest BCUT2D eigenvalue weighted by Gasteiger charge is 2.31. The van der Waals surface area contributed by atoms with Gasteiger partial charge in [0.05, 0.1) is 0 Å². The van der Waals surface area contributed by atoms with E-state index in [1.807, 2.05) is 17.5 Å². The third-order valence-electron chi connectivity index (χ3n) is 7.09. The monoisotopic (exact) mass is 668 g/mol. The van der Waals surface area contributed by atoms with Gasteiger partial charge in [-0.3, -0.25) is 19.2 Å². The van der Waals surface area contributed by atoms with Crippen LogP contribution in [0.2, 0.25) is 0 Å². The number of hydrogen-bond donors (Lipinski definition) is 5. The maximum Gasteiger partial charge on any atom is 0.407 e. The smallest absolute Gasteiger partial charge is 0.407 e. The van der Waals surface area contributed by atoms with Crippen LogP contribution in [0.3, 0.4) is 0 Å². The molecule has 45 heavy (non-hydrogen) atoms. The van der Waals surface area contributed by atoms with Gasteiger partial charge in [0.15, 0.2) is 0 Å². The fourth-order valence-corrected chi connectivity index (χ4v) is 6.21. The second-order valence-electron chi connectivity index (χ2n) is 12.7. The van der Waals surface area contributed by atoms with Crippen LogP contribution in [0, 0.1) is 5.92 Å². The van der Waals surface area contributed by atoms with Crippen molar-refractivity contribution >= 4 is 58.0 Å². The van der Waals surface area contributed by atoms with Gasteiger partial charge in [0.25, 0.3) is 0 Å². The number of rotatable bonds is 17. The summed E-state index contributed by atoms with van der Waals surface area (Å²) >= 11 is 2.34. The summed E-state index contributed by atoms with van der Waals surface area (Å²) in [4.78, 5) is 76.2. The number of nitrogens with one attached hydrogen (secondary N) is 4. The number of carbonyl (C=O) groups is 6. The number of thioether (sulfide) groups is 1. The molecule has 0 radical (unpaired) electrons. The Morgan fingerprint density at radius 1 is 1.02 bits per heavy atom. The average molecular weight is 669 g/mol. The molecular weight excluding hydrogens is 620 g/mol. The first-order valence-corrected chi connectivity index (χ1v) is 17.2. The van der Waals surface area contributed by atoms with Gasteiger partial charge in [-0.1, -0.05) is 30.7 Å². The van der Waals surface area contributed by atoms with Crippen molar-refractivity contribution in [1.29, 1.82) is 0 Å². The first kappa shape index (κ1) is 38.1. The van der Waals surface area contributed by atoms with Crippen molar-refractivity contribution in [1.82, 2.24) is 21.3 Å². The Kier molecular flexibility index (Phi) is 15.3. The topological polar surface area (TPSA) is 180 Å². The number of thiophene rings is 1. The summed E-state index contributed by atoms with van der Waals surface area (Å²) in [7, 11) is 0. The Morgan fingerprint density at radius 2 is 1.71 bits per heavy atom. The molecule has 14 heteroatoms. The third-order valence-corrected chi connectivity index (χ3v) is 8.97. The van der Waals surface area contributed by atoms with Crippen LogP contribution in [0.25, 0.3) is 0 Å². The fourth-order valence-electron chi connectivity index (χ4n) is 4.63. The standard InChI is InChI=1S/C31H48N4O8S2/c1-30(2,3)43-29(42)32-16-9-8-14-22(33-25(37)20-11-6-7-12-20)26(38)34-23(19-21-13-10-17-44-21)27(39)45-18-15-24(36)35-31(4,5)28(40)41/h10,13,17,20,22-23H,6-9,11-12,14-16,18-19H2,1-5H3,(H,32,42)(H,33,37)(H,34,38)(H,35,36)(H,40,41)/t22-,23-/m0/s1. The molecule has 0 saturated heterocycles. The molecule has 4 amide bonds. The summed E-state index contributed by atoms with van der Waals surface area (Å²) in [5, 5.41) is 21.6. The highest BCUT2D eigenvalue weighted by Crippen LogP contribution is 2.25. The molecule has 12 nitrogen and oxygen atoms in total. The number of amides is 4. The number of ether oxygens (including phenoxy) is 1. The molecule has 2 atom stereocenters. The molecule has 5 N–H and O–H groups in total. The number of unbranched alkanes of at least 4 members (excludes halogenated alkanes) is 1. The van der Waals surface area contributed by atoms with Crippen LogP contribution < -0.4 is 21.3 Å². The molecule has 0 aliphatic heterocycles. The molecule has 0 spiro atoms. The predicted octanol–water partition coefficient (Wildman–Crippen LogP) is 3.77. The van der Waals surface area contributed by atoms with Crippen molar-refractivity contribution in [2.24, 2.45) is 5.92 Å². The summed E-state index contributed by atoms with van der Waals surface area (Å²) in [6.45, 7) is 8.41. The SMILES string of the molecule is CC(C)(C)OC(=O)NCCCC[C@H](NC(=O)C1CCCC1)C(=O)N[C@@H](Cc1cccs1)C(=O)SCCC(=O)NC(C)(C)C(=O)O. The van der Waals surface area contributed by atoms with E-state index >= 15 is 0 Å². The van der Waals surface area contributed by atoms with E-state index in [4.69, 9.17) is 4.74 Å². The van der Waals surface area contributed by atoms with E-state index in [0.29, 0.717) is 25.8 Å². The summed E-state index contributed by atoms with van der Waals surface area (Å²) in [6, 6.07) is 1.94. The molecular formula is C31H48N4O8S2. The van der Waals surface area contributed by atoms with Crippen molar-refractivity contribution in [2.75, 3.05) is 12.3 Å². The summed E-state index contributed by atoms with van der Waals surface area (Å²) in [5.41, 5.74) is -2.05. The maximum atomic E-state index is 13.6. The highest BCUT2D eigenvalue weighted by molar-refractivity contribution is 8.13. The molecule has 0 unspecified atom stereocenters. The molecule has 1 aromatic rings. The van der Waals surface area contributed by atoms with E-state index in [2.05, 4.69) is 21.3 Å². The second-order valence-corrected chi connectivity index (χ2v) is 14.8. The van der Waals surface area contributed by atoms with E-state index in [0.717, 1.165) is 42.3 Å². The molecule has 1 aliphatic carbocycles. The van der Waals surface area contributed by atoms with E-state index in [1.165, 1.54) is 25.2 Å². The van der Waals surface area contributed by atoms with Gasteiger partial charge in [-0.2, -0.15) is 0 Å². The van der Waals surface area contributed by atoms with Gasteiger partial charge in [-0.05, 0) is 78.2 Å². The Balaban J connectivity index is 2.03. The Labute approximate surface area is 273 Å². The molecule has 252 valence electrons. The van der Waals surface area contributed by atoms with Gasteiger partial charge >= 0.3 is 12.1 Å². The normalized spacial score (nSPS) is 15.0. The van der Waals surface area contributed by atoms with Crippen LogP contribution in [-0.2, 0) is 35.1 Å². The number of alkyl carbamates (subject to hydrolysis) is 1. The summed E-state index contributed by atoms with van der Waals surface area (Å²) in [6.07, 6.45) is 4.50. The van der Waals surface area contributed by atoms with Crippen LogP contribution in [0.4, 0.5) is 4.79 Å². The van der Waals surface area contributed by atoms with Gasteiger partial charge in [-0.25, -0.2) is 9.59 Å². The van der Waals surface area contributed by atoms with Gasteiger partial charge in [0, 0.05) is 35.9 Å². The van der Waals surface area contributed by atoms with Crippen molar-refractivity contribution in [3.8, 4) is 0 Å². The lowest BCUT2D eigenvalue weighted by atomic mass is 10.0. The van der Waals surface area contributed by atoms with Gasteiger partial charge in [0.2, 0.25) is 22.8 Å². The van der Waals surface area contributed by atoms with Crippen LogP contribution in [0.1, 0.15) is 90.9 Å². The summed E-state index contributed by atoms with van der Waals surface area (Å²) in [5.74, 6) is -2.37. The summed E-state index contributed by atoms with van der Waals surface area (Å²) < 4.78 is 5.24. The van der Waals surface area contributed by atoms with Crippen LogP contribution in [0.15, 0.2) is 17.5 Å². The van der Waals surface area contributed by atoms with Crippen molar-refractivity contribution in [3.05, 3.63) is 22.4 Å². The first-order chi connectivity index (χ1) is 21.1. The van der Waals surface area contributed by atoms with Crippen molar-refractivity contribution in [3.63, 3.8) is 0 Å². The molecule has 1 aliphatic rings. The number of carboxylic acid groups (broad SMARTS) is 1. The van der Waals surface area contributed by atoms with Gasteiger partial charge in [0.1, 0.15) is 23.2 Å². The Morgan fingerprint density at radius 3 is 2.31 bits per heavy atom. The first-order valence-electron chi connectivity index (χ1n) is 15.4. The minimum Gasteiger partial charge on any atom is -0.480 e. The predicted molar refractivity (Wildman–Crippen MR) is 174 cm³/mol.